The summed E-state index contributed by atoms with van der Waals surface area (Å²) in [6.45, 7) is 5.95. The molecular formula is C21H20Cl2N2O2. The van der Waals surface area contributed by atoms with Gasteiger partial charge in [-0.2, -0.15) is 4.20 Å². The van der Waals surface area contributed by atoms with Gasteiger partial charge in [0.1, 0.15) is 0 Å². The Morgan fingerprint density at radius 1 is 1.19 bits per heavy atom. The highest BCUT2D eigenvalue weighted by molar-refractivity contribution is 6.31. The van der Waals surface area contributed by atoms with Crippen LogP contribution < -0.4 is 0 Å². The van der Waals surface area contributed by atoms with E-state index in [-0.39, 0.29) is 11.6 Å². The third-order valence-electron chi connectivity index (χ3n) is 4.75. The van der Waals surface area contributed by atoms with E-state index < -0.39 is 5.97 Å². The Morgan fingerprint density at radius 3 is 2.41 bits per heavy atom. The van der Waals surface area contributed by atoms with Crippen molar-refractivity contribution in [1.29, 1.82) is 0 Å². The molecule has 0 bridgehead atoms. The van der Waals surface area contributed by atoms with Crippen molar-refractivity contribution in [1.82, 2.24) is 9.30 Å². The van der Waals surface area contributed by atoms with Gasteiger partial charge in [0.05, 0.1) is 5.69 Å². The number of nitrogens with zero attached hydrogens (tertiary/aromatic N) is 2. The average molecular weight is 403 g/mol. The number of aromatic carboxylic acids is 1. The van der Waals surface area contributed by atoms with Crippen LogP contribution in [0.25, 0.3) is 11.3 Å². The van der Waals surface area contributed by atoms with Crippen molar-refractivity contribution >= 4 is 29.3 Å². The molecule has 1 N–H and O–H groups in total. The number of carbonyl (C=O) groups is 1. The molecule has 0 saturated carbocycles. The molecule has 1 unspecified atom stereocenters. The van der Waals surface area contributed by atoms with E-state index in [0.717, 1.165) is 26.5 Å². The number of aromatic nitrogens is 2. The lowest BCUT2D eigenvalue weighted by molar-refractivity contribution is 0.0688. The molecule has 1 atom stereocenters. The highest BCUT2D eigenvalue weighted by Crippen LogP contribution is 2.39. The van der Waals surface area contributed by atoms with E-state index in [9.17, 15) is 9.90 Å². The van der Waals surface area contributed by atoms with Gasteiger partial charge in [0.2, 0.25) is 0 Å². The molecule has 0 radical (unpaired) electrons. The summed E-state index contributed by atoms with van der Waals surface area (Å²) < 4.78 is 1.14. The fourth-order valence-corrected chi connectivity index (χ4v) is 3.73. The first-order valence-corrected chi connectivity index (χ1v) is 9.40. The first-order chi connectivity index (χ1) is 12.8. The van der Waals surface area contributed by atoms with Gasteiger partial charge in [0, 0.05) is 33.8 Å². The van der Waals surface area contributed by atoms with E-state index in [2.05, 4.69) is 5.10 Å². The maximum Gasteiger partial charge on any atom is 0.356 e. The fraction of sp³-hybridized carbons (Fsp3) is 0.238. The van der Waals surface area contributed by atoms with Gasteiger partial charge in [0.25, 0.3) is 0 Å². The minimum absolute atomic E-state index is 0.0278. The summed E-state index contributed by atoms with van der Waals surface area (Å²) in [6, 6.07) is 13.6. The Morgan fingerprint density at radius 2 is 1.85 bits per heavy atom. The average Bonchev–Trinajstić information content (AvgIpc) is 2.97. The van der Waals surface area contributed by atoms with E-state index in [1.54, 1.807) is 6.07 Å². The summed E-state index contributed by atoms with van der Waals surface area (Å²) in [5, 5.41) is 14.5. The third kappa shape index (κ3) is 3.73. The van der Waals surface area contributed by atoms with Gasteiger partial charge in [-0.3, -0.25) is 0 Å². The monoisotopic (exact) mass is 402 g/mol. The summed E-state index contributed by atoms with van der Waals surface area (Å²) in [5.74, 6) is -1.24. The van der Waals surface area contributed by atoms with Gasteiger partial charge in [-0.25, -0.2) is 4.79 Å². The van der Waals surface area contributed by atoms with Gasteiger partial charge in [0.15, 0.2) is 5.69 Å². The number of rotatable bonds is 5. The van der Waals surface area contributed by atoms with Crippen LogP contribution in [0.3, 0.4) is 0 Å². The topological polar surface area (TPSA) is 55.1 Å². The first kappa shape index (κ1) is 19.5. The van der Waals surface area contributed by atoms with Crippen LogP contribution >= 0.6 is 23.4 Å². The third-order valence-corrected chi connectivity index (χ3v) is 5.42. The smallest absolute Gasteiger partial charge is 0.356 e. The van der Waals surface area contributed by atoms with Gasteiger partial charge in [-0.1, -0.05) is 54.4 Å². The lowest BCUT2D eigenvalue weighted by Gasteiger charge is -2.18. The van der Waals surface area contributed by atoms with Crippen LogP contribution in [-0.4, -0.2) is 20.4 Å². The number of hydrogen-bond acceptors (Lipinski definition) is 2. The largest absolute Gasteiger partial charge is 0.476 e. The molecule has 6 heteroatoms. The molecule has 0 amide bonds. The normalized spacial score (nSPS) is 12.2. The van der Waals surface area contributed by atoms with Crippen molar-refractivity contribution < 1.29 is 9.90 Å². The van der Waals surface area contributed by atoms with Crippen molar-refractivity contribution in [2.75, 3.05) is 0 Å². The summed E-state index contributed by atoms with van der Waals surface area (Å²) in [5.41, 5.74) is 5.02. The van der Waals surface area contributed by atoms with Crippen molar-refractivity contribution in [2.45, 2.75) is 33.1 Å². The zero-order valence-electron chi connectivity index (χ0n) is 15.3. The SMILES string of the molecule is CCC(c1ccc(C)cc1)c1c(C(=O)O)nn(Cl)c1-c1ccc(Cl)c(C)c1. The highest BCUT2D eigenvalue weighted by Gasteiger charge is 2.29. The van der Waals surface area contributed by atoms with Crippen LogP contribution in [-0.2, 0) is 0 Å². The molecule has 0 aliphatic carbocycles. The standard InChI is InChI=1S/C21H20Cl2N2O2/c1-4-16(14-7-5-12(2)6-8-14)18-19(21(26)27)24-25(23)20(18)15-9-10-17(22)13(3)11-15/h5-11,16H,4H2,1-3H3,(H,26,27). The highest BCUT2D eigenvalue weighted by atomic mass is 35.5. The molecule has 3 aromatic rings. The van der Waals surface area contributed by atoms with Gasteiger partial charge in [-0.15, -0.1) is 5.10 Å². The van der Waals surface area contributed by atoms with Crippen molar-refractivity contribution in [3.05, 3.63) is 75.4 Å². The molecule has 0 fully saturated rings. The number of carboxylic acids is 1. The van der Waals surface area contributed by atoms with Gasteiger partial charge in [-0.05, 0) is 43.5 Å². The Hall–Kier alpha value is -2.30. The Bertz CT molecular complexity index is 994. The predicted molar refractivity (Wildman–Crippen MR) is 109 cm³/mol. The molecule has 0 aliphatic rings. The number of halogens is 2. The second-order valence-electron chi connectivity index (χ2n) is 6.61. The van der Waals surface area contributed by atoms with E-state index in [0.29, 0.717) is 22.7 Å². The molecule has 0 saturated heterocycles. The summed E-state index contributed by atoms with van der Waals surface area (Å²) in [4.78, 5) is 11.9. The van der Waals surface area contributed by atoms with Crippen molar-refractivity contribution in [3.8, 4) is 11.3 Å². The van der Waals surface area contributed by atoms with Crippen molar-refractivity contribution in [2.24, 2.45) is 0 Å². The zero-order chi connectivity index (χ0) is 19.7. The number of carboxylic acid groups (broad SMARTS) is 1. The molecule has 140 valence electrons. The van der Waals surface area contributed by atoms with Gasteiger partial charge >= 0.3 is 5.97 Å². The molecular weight excluding hydrogens is 383 g/mol. The fourth-order valence-electron chi connectivity index (χ4n) is 3.35. The second kappa shape index (κ2) is 7.75. The first-order valence-electron chi connectivity index (χ1n) is 8.69. The molecule has 27 heavy (non-hydrogen) atoms. The maximum atomic E-state index is 11.9. The molecule has 4 nitrogen and oxygen atoms in total. The minimum atomic E-state index is -1.10. The lowest BCUT2D eigenvalue weighted by Crippen LogP contribution is -2.08. The number of hydrogen-bond donors (Lipinski definition) is 1. The summed E-state index contributed by atoms with van der Waals surface area (Å²) in [6.07, 6.45) is 0.714. The predicted octanol–water partition coefficient (Wildman–Crippen LogP) is 6.06. The Balaban J connectivity index is 2.27. The van der Waals surface area contributed by atoms with Gasteiger partial charge < -0.3 is 5.11 Å². The number of benzene rings is 2. The Labute approximate surface area is 168 Å². The molecule has 1 aromatic heterocycles. The van der Waals surface area contributed by atoms with Crippen LogP contribution in [0.2, 0.25) is 5.02 Å². The van der Waals surface area contributed by atoms with E-state index >= 15 is 0 Å². The van der Waals surface area contributed by atoms with E-state index in [1.165, 1.54) is 0 Å². The second-order valence-corrected chi connectivity index (χ2v) is 7.34. The molecule has 0 spiro atoms. The van der Waals surface area contributed by atoms with E-state index in [4.69, 9.17) is 23.4 Å². The summed E-state index contributed by atoms with van der Waals surface area (Å²) in [7, 11) is 0. The lowest BCUT2D eigenvalue weighted by atomic mass is 9.85. The maximum absolute atomic E-state index is 11.9. The number of aryl methyl sites for hydroxylation is 2. The minimum Gasteiger partial charge on any atom is -0.476 e. The molecule has 2 aromatic carbocycles. The zero-order valence-corrected chi connectivity index (χ0v) is 16.8. The van der Waals surface area contributed by atoms with Crippen LogP contribution in [0.4, 0.5) is 0 Å². The van der Waals surface area contributed by atoms with Crippen molar-refractivity contribution in [3.63, 3.8) is 0 Å². The molecule has 0 aliphatic heterocycles. The van der Waals surface area contributed by atoms with Crippen LogP contribution in [0, 0.1) is 13.8 Å². The van der Waals surface area contributed by atoms with E-state index in [1.807, 2.05) is 57.2 Å². The van der Waals surface area contributed by atoms with Crippen LogP contribution in [0.15, 0.2) is 42.5 Å². The molecule has 3 rings (SSSR count). The van der Waals surface area contributed by atoms with Crippen LogP contribution in [0.5, 0.6) is 0 Å². The summed E-state index contributed by atoms with van der Waals surface area (Å²) >= 11 is 12.5. The van der Waals surface area contributed by atoms with Crippen LogP contribution in [0.1, 0.15) is 52.0 Å². The Kier molecular flexibility index (Phi) is 5.59. The molecule has 1 heterocycles. The quantitative estimate of drug-likeness (QED) is 0.563.